The van der Waals surface area contributed by atoms with E-state index in [1.165, 1.54) is 0 Å². The standard InChI is InChI=1S/C11H16Se2/c1-7-6-8(2)10(4,12-8)11(5)9(7,3)13-11/h6H,1-5H3. The van der Waals surface area contributed by atoms with Crippen molar-refractivity contribution in [3.05, 3.63) is 11.6 Å². The minimum atomic E-state index is 0.622. The van der Waals surface area contributed by atoms with E-state index >= 15 is 0 Å². The molecule has 4 atom stereocenters. The Morgan fingerprint density at radius 3 is 2.23 bits per heavy atom. The fourth-order valence-electron chi connectivity index (χ4n) is 3.08. The number of hydrogen-bond acceptors (Lipinski definition) is 0. The van der Waals surface area contributed by atoms with Crippen LogP contribution in [0.5, 0.6) is 0 Å². The van der Waals surface area contributed by atoms with Gasteiger partial charge >= 0.3 is 93.4 Å². The molecule has 1 aliphatic carbocycles. The van der Waals surface area contributed by atoms with Crippen LogP contribution in [-0.4, -0.2) is 29.9 Å². The molecule has 2 saturated heterocycles. The fourth-order valence-corrected chi connectivity index (χ4v) is 11.9. The van der Waals surface area contributed by atoms with Crippen LogP contribution in [0.2, 0.25) is 17.3 Å². The van der Waals surface area contributed by atoms with E-state index in [0.29, 0.717) is 17.3 Å². The van der Waals surface area contributed by atoms with Gasteiger partial charge < -0.3 is 0 Å². The van der Waals surface area contributed by atoms with Crippen LogP contribution >= 0.6 is 0 Å². The number of allylic oxidation sites excluding steroid dienone is 2. The molecule has 0 spiro atoms. The van der Waals surface area contributed by atoms with Crippen molar-refractivity contribution in [2.24, 2.45) is 0 Å². The molecule has 0 N–H and O–H groups in total. The summed E-state index contributed by atoms with van der Waals surface area (Å²) >= 11 is 1.73. The van der Waals surface area contributed by atoms with Crippen LogP contribution in [0.4, 0.5) is 0 Å². The normalized spacial score (nSPS) is 67.9. The third-order valence-electron chi connectivity index (χ3n) is 4.75. The SMILES string of the molecule is CC1=CC2(C)[Se]C2(C)C2(C)[Se]C12C. The van der Waals surface area contributed by atoms with E-state index in [1.54, 1.807) is 5.57 Å². The average Bonchev–Trinajstić information content (AvgIpc) is 2.73. The number of fused-ring (bicyclic) bond motifs is 3. The van der Waals surface area contributed by atoms with Gasteiger partial charge in [-0.25, -0.2) is 0 Å². The van der Waals surface area contributed by atoms with Crippen molar-refractivity contribution in [1.29, 1.82) is 0 Å². The summed E-state index contributed by atoms with van der Waals surface area (Å²) in [6.45, 7) is 12.4. The van der Waals surface area contributed by atoms with Crippen molar-refractivity contribution in [2.45, 2.75) is 51.9 Å². The van der Waals surface area contributed by atoms with Crippen LogP contribution in [0.3, 0.4) is 0 Å². The molecule has 0 bridgehead atoms. The van der Waals surface area contributed by atoms with Crippen molar-refractivity contribution in [2.75, 3.05) is 0 Å². The molecule has 2 fully saturated rings. The summed E-state index contributed by atoms with van der Waals surface area (Å²) in [4.78, 5) is 0. The van der Waals surface area contributed by atoms with E-state index in [0.717, 1.165) is 29.9 Å². The maximum absolute atomic E-state index is 2.61. The first-order valence-corrected chi connectivity index (χ1v) is 8.32. The van der Waals surface area contributed by atoms with Crippen LogP contribution < -0.4 is 0 Å². The quantitative estimate of drug-likeness (QED) is 0.476. The maximum atomic E-state index is 2.61. The predicted octanol–water partition coefficient (Wildman–Crippen LogP) is 3.10. The second-order valence-corrected chi connectivity index (χ2v) is 13.0. The predicted molar refractivity (Wildman–Crippen MR) is 58.7 cm³/mol. The number of hydrogen-bond donors (Lipinski definition) is 0. The van der Waals surface area contributed by atoms with Gasteiger partial charge in [-0.05, 0) is 0 Å². The Morgan fingerprint density at radius 2 is 1.62 bits per heavy atom. The van der Waals surface area contributed by atoms with Gasteiger partial charge in [0.2, 0.25) is 0 Å². The molecule has 0 aromatic heterocycles. The van der Waals surface area contributed by atoms with Crippen molar-refractivity contribution >= 4 is 29.9 Å². The number of rotatable bonds is 0. The molecule has 3 rings (SSSR count). The Morgan fingerprint density at radius 1 is 1.00 bits per heavy atom. The zero-order valence-electron chi connectivity index (χ0n) is 8.89. The molecule has 2 aliphatic heterocycles. The molecule has 4 unspecified atom stereocenters. The van der Waals surface area contributed by atoms with Gasteiger partial charge in [0.15, 0.2) is 0 Å². The first-order valence-electron chi connectivity index (χ1n) is 4.89. The van der Waals surface area contributed by atoms with Gasteiger partial charge in [0, 0.05) is 0 Å². The van der Waals surface area contributed by atoms with Gasteiger partial charge in [0.05, 0.1) is 0 Å². The molecular formula is C11H16Se2. The average molecular weight is 306 g/mol. The topological polar surface area (TPSA) is 0 Å². The van der Waals surface area contributed by atoms with E-state index in [4.69, 9.17) is 0 Å². The molecule has 0 amide bonds. The van der Waals surface area contributed by atoms with Crippen molar-refractivity contribution < 1.29 is 0 Å². The first-order chi connectivity index (χ1) is 5.79. The van der Waals surface area contributed by atoms with Crippen molar-refractivity contribution in [1.82, 2.24) is 0 Å². The van der Waals surface area contributed by atoms with Crippen LogP contribution in [-0.2, 0) is 0 Å². The van der Waals surface area contributed by atoms with Gasteiger partial charge in [-0.3, -0.25) is 0 Å². The molecule has 0 aromatic carbocycles. The van der Waals surface area contributed by atoms with Crippen LogP contribution in [0, 0.1) is 0 Å². The fraction of sp³-hybridized carbons (Fsp3) is 0.818. The molecule has 72 valence electrons. The summed E-state index contributed by atoms with van der Waals surface area (Å²) < 4.78 is 2.67. The van der Waals surface area contributed by atoms with Crippen LogP contribution in [0.15, 0.2) is 11.6 Å². The summed E-state index contributed by atoms with van der Waals surface area (Å²) in [5, 5.41) is 0. The third-order valence-corrected chi connectivity index (χ3v) is 14.1. The first kappa shape index (κ1) is 9.04. The molecule has 0 radical (unpaired) electrons. The molecule has 13 heavy (non-hydrogen) atoms. The van der Waals surface area contributed by atoms with Crippen LogP contribution in [0.1, 0.15) is 34.6 Å². The molecule has 2 heterocycles. The van der Waals surface area contributed by atoms with Gasteiger partial charge in [0.25, 0.3) is 0 Å². The van der Waals surface area contributed by atoms with E-state index in [9.17, 15) is 0 Å². The molecule has 0 saturated carbocycles. The zero-order valence-corrected chi connectivity index (χ0v) is 12.3. The second-order valence-electron chi connectivity index (χ2n) is 5.24. The second kappa shape index (κ2) is 1.87. The Bertz CT molecular complexity index is 348. The van der Waals surface area contributed by atoms with Gasteiger partial charge in [-0.1, -0.05) is 0 Å². The zero-order chi connectivity index (χ0) is 9.70. The van der Waals surface area contributed by atoms with Gasteiger partial charge in [-0.2, -0.15) is 0 Å². The summed E-state index contributed by atoms with van der Waals surface area (Å²) in [5.74, 6) is 0. The van der Waals surface area contributed by atoms with Gasteiger partial charge in [0.1, 0.15) is 0 Å². The molecular weight excluding hydrogens is 290 g/mol. The van der Waals surface area contributed by atoms with Crippen molar-refractivity contribution in [3.8, 4) is 0 Å². The summed E-state index contributed by atoms with van der Waals surface area (Å²) in [7, 11) is 0. The molecule has 2 heteroatoms. The Balaban J connectivity index is 2.20. The van der Waals surface area contributed by atoms with E-state index in [2.05, 4.69) is 40.7 Å². The van der Waals surface area contributed by atoms with Crippen LogP contribution in [0.25, 0.3) is 0 Å². The summed E-state index contributed by atoms with van der Waals surface area (Å²) in [5.41, 5.74) is 1.70. The molecule has 0 nitrogen and oxygen atoms in total. The molecule has 0 aromatic rings. The summed E-state index contributed by atoms with van der Waals surface area (Å²) in [6.07, 6.45) is 2.61. The Hall–Kier alpha value is 0.779. The monoisotopic (exact) mass is 308 g/mol. The van der Waals surface area contributed by atoms with E-state index < -0.39 is 0 Å². The molecule has 3 aliphatic rings. The van der Waals surface area contributed by atoms with Gasteiger partial charge in [-0.15, -0.1) is 0 Å². The third kappa shape index (κ3) is 0.678. The van der Waals surface area contributed by atoms with E-state index in [-0.39, 0.29) is 0 Å². The Kier molecular flexibility index (Phi) is 1.30. The van der Waals surface area contributed by atoms with E-state index in [1.807, 2.05) is 0 Å². The Labute approximate surface area is 93.2 Å². The minimum absolute atomic E-state index is 0.622. The summed E-state index contributed by atoms with van der Waals surface area (Å²) in [6, 6.07) is 0. The van der Waals surface area contributed by atoms with Crippen molar-refractivity contribution in [3.63, 3.8) is 0 Å².